The SMILES string of the molecule is C1=C(c2cnc3cn[nH]c3c2)CCNC1. The van der Waals surface area contributed by atoms with Crippen LogP contribution in [0.25, 0.3) is 16.6 Å². The van der Waals surface area contributed by atoms with E-state index in [0.717, 1.165) is 30.5 Å². The molecule has 0 fully saturated rings. The molecule has 0 spiro atoms. The first-order valence-corrected chi connectivity index (χ1v) is 5.13. The lowest BCUT2D eigenvalue weighted by atomic mass is 10.0. The largest absolute Gasteiger partial charge is 0.313 e. The minimum atomic E-state index is 0.924. The fourth-order valence-electron chi connectivity index (χ4n) is 1.89. The fourth-order valence-corrected chi connectivity index (χ4v) is 1.89. The van der Waals surface area contributed by atoms with E-state index in [4.69, 9.17) is 0 Å². The number of H-pyrrole nitrogens is 1. The van der Waals surface area contributed by atoms with Crippen LogP contribution in [0.1, 0.15) is 12.0 Å². The molecule has 0 radical (unpaired) electrons. The third kappa shape index (κ3) is 1.53. The van der Waals surface area contributed by atoms with E-state index >= 15 is 0 Å². The van der Waals surface area contributed by atoms with Crippen LogP contribution in [0.2, 0.25) is 0 Å². The van der Waals surface area contributed by atoms with Crippen molar-refractivity contribution in [1.29, 1.82) is 0 Å². The Labute approximate surface area is 87.4 Å². The van der Waals surface area contributed by atoms with E-state index in [1.165, 1.54) is 11.1 Å². The summed E-state index contributed by atoms with van der Waals surface area (Å²) in [6.45, 7) is 2.00. The first kappa shape index (κ1) is 8.61. The van der Waals surface area contributed by atoms with Crippen LogP contribution in [0.3, 0.4) is 0 Å². The Kier molecular flexibility index (Phi) is 1.99. The van der Waals surface area contributed by atoms with E-state index in [1.54, 1.807) is 6.20 Å². The highest BCUT2D eigenvalue weighted by molar-refractivity contribution is 5.78. The molecule has 4 heteroatoms. The number of pyridine rings is 1. The highest BCUT2D eigenvalue weighted by Crippen LogP contribution is 2.21. The van der Waals surface area contributed by atoms with Gasteiger partial charge in [0.1, 0.15) is 5.52 Å². The summed E-state index contributed by atoms with van der Waals surface area (Å²) < 4.78 is 0. The maximum atomic E-state index is 4.36. The molecule has 0 bridgehead atoms. The zero-order valence-corrected chi connectivity index (χ0v) is 8.33. The summed E-state index contributed by atoms with van der Waals surface area (Å²) in [7, 11) is 0. The molecule has 2 N–H and O–H groups in total. The highest BCUT2D eigenvalue weighted by Gasteiger charge is 2.07. The van der Waals surface area contributed by atoms with Crippen LogP contribution < -0.4 is 5.32 Å². The molecule has 2 aromatic heterocycles. The van der Waals surface area contributed by atoms with E-state index in [9.17, 15) is 0 Å². The molecule has 15 heavy (non-hydrogen) atoms. The summed E-state index contributed by atoms with van der Waals surface area (Å²) in [5.74, 6) is 0. The van der Waals surface area contributed by atoms with Gasteiger partial charge in [-0.3, -0.25) is 10.1 Å². The van der Waals surface area contributed by atoms with Crippen molar-refractivity contribution in [3.63, 3.8) is 0 Å². The van der Waals surface area contributed by atoms with Crippen molar-refractivity contribution in [2.24, 2.45) is 0 Å². The lowest BCUT2D eigenvalue weighted by Gasteiger charge is -2.13. The second kappa shape index (κ2) is 3.47. The van der Waals surface area contributed by atoms with Crippen LogP contribution in [0.5, 0.6) is 0 Å². The van der Waals surface area contributed by atoms with Gasteiger partial charge in [0.25, 0.3) is 0 Å². The molecular weight excluding hydrogens is 188 g/mol. The minimum absolute atomic E-state index is 0.924. The molecule has 0 unspecified atom stereocenters. The van der Waals surface area contributed by atoms with Gasteiger partial charge >= 0.3 is 0 Å². The molecule has 0 atom stereocenters. The molecule has 0 amide bonds. The lowest BCUT2D eigenvalue weighted by molar-refractivity contribution is 0.738. The summed E-state index contributed by atoms with van der Waals surface area (Å²) in [6.07, 6.45) is 6.97. The standard InChI is InChI=1S/C11H12N4/c1-3-12-4-2-8(1)9-5-10-11(13-6-9)7-14-15-10/h1,5-7,12H,2-4H2,(H,14,15). The maximum Gasteiger partial charge on any atom is 0.108 e. The van der Waals surface area contributed by atoms with E-state index in [1.807, 2.05) is 6.20 Å². The molecule has 0 saturated heterocycles. The lowest BCUT2D eigenvalue weighted by Crippen LogP contribution is -2.20. The normalized spacial score (nSPS) is 16.7. The molecule has 1 aliphatic rings. The molecule has 2 aromatic rings. The number of fused-ring (bicyclic) bond motifs is 1. The number of nitrogens with zero attached hydrogens (tertiary/aromatic N) is 2. The second-order valence-corrected chi connectivity index (χ2v) is 3.71. The topological polar surface area (TPSA) is 53.6 Å². The zero-order valence-electron chi connectivity index (χ0n) is 8.33. The van der Waals surface area contributed by atoms with Crippen LogP contribution in [0.4, 0.5) is 0 Å². The van der Waals surface area contributed by atoms with Gasteiger partial charge in [0.2, 0.25) is 0 Å². The number of rotatable bonds is 1. The highest BCUT2D eigenvalue weighted by atomic mass is 15.1. The Morgan fingerprint density at radius 1 is 1.27 bits per heavy atom. The minimum Gasteiger partial charge on any atom is -0.313 e. The quantitative estimate of drug-likeness (QED) is 0.730. The molecule has 76 valence electrons. The molecular formula is C11H12N4. The predicted octanol–water partition coefficient (Wildman–Crippen LogP) is 1.33. The summed E-state index contributed by atoms with van der Waals surface area (Å²) in [5.41, 5.74) is 4.51. The summed E-state index contributed by atoms with van der Waals surface area (Å²) in [5, 5.41) is 10.2. The van der Waals surface area contributed by atoms with E-state index in [2.05, 4.69) is 32.6 Å². The van der Waals surface area contributed by atoms with Crippen LogP contribution in [0.15, 0.2) is 24.5 Å². The van der Waals surface area contributed by atoms with Crippen molar-refractivity contribution in [1.82, 2.24) is 20.5 Å². The molecule has 0 saturated carbocycles. The second-order valence-electron chi connectivity index (χ2n) is 3.71. The number of hydrogen-bond acceptors (Lipinski definition) is 3. The van der Waals surface area contributed by atoms with Gasteiger partial charge in [-0.25, -0.2) is 0 Å². The van der Waals surface area contributed by atoms with E-state index < -0.39 is 0 Å². The van der Waals surface area contributed by atoms with Crippen LogP contribution in [0, 0.1) is 0 Å². The Bertz CT molecular complexity index is 512. The number of hydrogen-bond donors (Lipinski definition) is 2. The van der Waals surface area contributed by atoms with Crippen molar-refractivity contribution in [2.75, 3.05) is 13.1 Å². The van der Waals surface area contributed by atoms with Crippen molar-refractivity contribution in [3.05, 3.63) is 30.1 Å². The summed E-state index contributed by atoms with van der Waals surface area (Å²) in [4.78, 5) is 4.36. The average molecular weight is 200 g/mol. The van der Waals surface area contributed by atoms with Crippen molar-refractivity contribution >= 4 is 16.6 Å². The van der Waals surface area contributed by atoms with Crippen LogP contribution >= 0.6 is 0 Å². The van der Waals surface area contributed by atoms with Crippen LogP contribution in [-0.4, -0.2) is 28.3 Å². The molecule has 3 heterocycles. The molecule has 4 nitrogen and oxygen atoms in total. The first-order chi connectivity index (χ1) is 7.43. The van der Waals surface area contributed by atoms with Crippen molar-refractivity contribution < 1.29 is 0 Å². The molecule has 0 aromatic carbocycles. The van der Waals surface area contributed by atoms with Gasteiger partial charge in [-0.15, -0.1) is 0 Å². The summed E-state index contributed by atoms with van der Waals surface area (Å²) >= 11 is 0. The third-order valence-electron chi connectivity index (χ3n) is 2.73. The molecule has 3 rings (SSSR count). The van der Waals surface area contributed by atoms with Gasteiger partial charge in [-0.2, -0.15) is 5.10 Å². The Morgan fingerprint density at radius 2 is 2.27 bits per heavy atom. The monoisotopic (exact) mass is 200 g/mol. The summed E-state index contributed by atoms with van der Waals surface area (Å²) in [6, 6.07) is 2.12. The van der Waals surface area contributed by atoms with Gasteiger partial charge in [0.05, 0.1) is 11.7 Å². The third-order valence-corrected chi connectivity index (χ3v) is 2.73. The predicted molar refractivity (Wildman–Crippen MR) is 59.4 cm³/mol. The van der Waals surface area contributed by atoms with E-state index in [-0.39, 0.29) is 0 Å². The van der Waals surface area contributed by atoms with E-state index in [0.29, 0.717) is 0 Å². The Morgan fingerprint density at radius 3 is 3.13 bits per heavy atom. The maximum absolute atomic E-state index is 4.36. The van der Waals surface area contributed by atoms with Gasteiger partial charge in [-0.05, 0) is 30.2 Å². The Balaban J connectivity index is 2.06. The average Bonchev–Trinajstić information content (AvgIpc) is 2.77. The number of nitrogens with one attached hydrogen (secondary N) is 2. The van der Waals surface area contributed by atoms with Crippen molar-refractivity contribution in [3.8, 4) is 0 Å². The van der Waals surface area contributed by atoms with Gasteiger partial charge in [-0.1, -0.05) is 6.08 Å². The van der Waals surface area contributed by atoms with Gasteiger partial charge in [0.15, 0.2) is 0 Å². The molecule has 1 aliphatic heterocycles. The fraction of sp³-hybridized carbons (Fsp3) is 0.273. The van der Waals surface area contributed by atoms with Gasteiger partial charge in [0, 0.05) is 12.7 Å². The smallest absolute Gasteiger partial charge is 0.108 e. The first-order valence-electron chi connectivity index (χ1n) is 5.13. The number of aromatic nitrogens is 3. The number of aromatic amines is 1. The van der Waals surface area contributed by atoms with Gasteiger partial charge < -0.3 is 5.32 Å². The van der Waals surface area contributed by atoms with Crippen LogP contribution in [-0.2, 0) is 0 Å². The molecule has 0 aliphatic carbocycles. The van der Waals surface area contributed by atoms with Crippen molar-refractivity contribution in [2.45, 2.75) is 6.42 Å². The Hall–Kier alpha value is -1.68. The zero-order chi connectivity index (χ0) is 10.1.